The highest BCUT2D eigenvalue weighted by Crippen LogP contribution is 3.07. The molecule has 668 valence electrons. The standard InChI is InChI=1S/2C19H34.C18H32.C16H26.2C16H28.C13H18/c1-19(2,3)13-18-16-10-6-4-8-14(16)12-15-9-5-7-11-17(15)18;1-19(2,3)13-15-12-14-8-4-5-9-16(14)18-11-7-6-10-17(15)18;1-18(2,3)12-17-15-10-6-4-8-13(15)14-9-5-7-11-16(14)17;1-15(2,3)9-12-13-6-4-10-8-11-5-7-14(12)16(10,11)13;1-16(2,3)10-11-4-7-14-12-5-6-13(9-12)15(14)8-11;1-11(2)9-14-10-13-7-3-5-12-6-4-8-15(14)16(12)13;1-12(2,3)4-13-9-6-5-7(9)11(13)8(5)10(6)13/h2*14-18H,4-13H2,1-3H3;13-17H,4-12H2,1-3H3;10-14H,4-9H2,1-3H3;11-15H,4-10H2,1-3H3;11-16H,3-10H2,1-2H3;5-11H,4H2,1-3H3. The first-order valence-electron chi connectivity index (χ1n) is 55.5. The molecule has 0 aromatic heterocycles. The zero-order valence-electron chi connectivity index (χ0n) is 82.0. The van der Waals surface area contributed by atoms with Crippen LogP contribution in [0.2, 0.25) is 0 Å². The van der Waals surface area contributed by atoms with Gasteiger partial charge in [-0.3, -0.25) is 0 Å². The summed E-state index contributed by atoms with van der Waals surface area (Å²) >= 11 is 0. The van der Waals surface area contributed by atoms with E-state index in [1.54, 1.807) is 212 Å². The summed E-state index contributed by atoms with van der Waals surface area (Å²) in [6.45, 7) is 48.9. The summed E-state index contributed by atoms with van der Waals surface area (Å²) < 4.78 is 0. The minimum Gasteiger partial charge on any atom is -0.0628 e. The van der Waals surface area contributed by atoms with Crippen molar-refractivity contribution < 1.29 is 0 Å². The predicted molar refractivity (Wildman–Crippen MR) is 501 cm³/mol. The third-order valence-corrected chi connectivity index (χ3v) is 44.1. The SMILES string of the molecule is CC(C)(C)CC12C3C4C5C3C1C5C42.CC(C)(C)CC1C2CCC3CC4CCC1C342.CC(C)(C)CC1C2CCCCC2C2CCCCC21.CC(C)(C)CC1C2CCCCC2CC2CCCCC21.CC(C)(C)CC1CC2CCCCC2C2CCCCC12.CC(C)(C)CC1CCC2C3CCC(C3)C2C1.CC(C)CC1CC2CCCC3CCCC1C32. The molecule has 0 amide bonds. The molecule has 25 fully saturated rings. The fraction of sp³-hybridized carbons (Fsp3) is 1.00. The molecule has 27 atom stereocenters. The second-order valence-electron chi connectivity index (χ2n) is 58.3. The van der Waals surface area contributed by atoms with Crippen LogP contribution in [0.3, 0.4) is 0 Å². The van der Waals surface area contributed by atoms with Gasteiger partial charge in [0.05, 0.1) is 0 Å². The molecule has 25 rings (SSSR count). The molecule has 2 bridgehead atoms. The molecular formula is C117H200. The zero-order valence-corrected chi connectivity index (χ0v) is 82.0. The van der Waals surface area contributed by atoms with E-state index in [-0.39, 0.29) is 0 Å². The molecule has 1 spiro atoms. The maximum Gasteiger partial charge on any atom is -0.0179 e. The molecule has 0 heteroatoms. The Morgan fingerprint density at radius 1 is 0.239 bits per heavy atom. The van der Waals surface area contributed by atoms with Gasteiger partial charge in [-0.15, -0.1) is 0 Å². The van der Waals surface area contributed by atoms with Gasteiger partial charge in [0.15, 0.2) is 0 Å². The van der Waals surface area contributed by atoms with E-state index in [1.165, 1.54) is 187 Å². The van der Waals surface area contributed by atoms with E-state index in [2.05, 4.69) is 138 Å². The number of hydrogen-bond acceptors (Lipinski definition) is 0. The smallest absolute Gasteiger partial charge is 0.0179 e. The van der Waals surface area contributed by atoms with E-state index in [0.717, 1.165) is 165 Å². The lowest BCUT2D eigenvalue weighted by molar-refractivity contribution is -0.618. The number of hydrogen-bond donors (Lipinski definition) is 0. The van der Waals surface area contributed by atoms with E-state index in [4.69, 9.17) is 0 Å². The van der Waals surface area contributed by atoms with Gasteiger partial charge in [0.2, 0.25) is 0 Å². The first kappa shape index (κ1) is 87.7. The Morgan fingerprint density at radius 2 is 0.615 bits per heavy atom. The maximum absolute atomic E-state index is 2.47. The second-order valence-corrected chi connectivity index (χ2v) is 58.3. The van der Waals surface area contributed by atoms with E-state index in [0.29, 0.717) is 32.5 Å². The number of fused-ring (bicyclic) bond motifs is 13. The van der Waals surface area contributed by atoms with Crippen molar-refractivity contribution >= 4 is 0 Å². The van der Waals surface area contributed by atoms with Gasteiger partial charge in [-0.2, -0.15) is 0 Å². The molecule has 0 aromatic rings. The van der Waals surface area contributed by atoms with Crippen LogP contribution in [0.15, 0.2) is 0 Å². The van der Waals surface area contributed by atoms with E-state index < -0.39 is 0 Å². The fourth-order valence-corrected chi connectivity index (χ4v) is 42.2. The van der Waals surface area contributed by atoms with Crippen molar-refractivity contribution in [1.29, 1.82) is 0 Å². The van der Waals surface area contributed by atoms with Gasteiger partial charge >= 0.3 is 0 Å². The van der Waals surface area contributed by atoms with Crippen LogP contribution in [-0.4, -0.2) is 0 Å². The van der Waals surface area contributed by atoms with Crippen LogP contribution >= 0.6 is 0 Å². The average Bonchev–Trinajstić information content (AvgIpc) is 1.11. The van der Waals surface area contributed by atoms with Crippen LogP contribution in [-0.2, 0) is 0 Å². The van der Waals surface area contributed by atoms with Gasteiger partial charge in [-0.25, -0.2) is 0 Å². The lowest BCUT2D eigenvalue weighted by Gasteiger charge is -3.08. The van der Waals surface area contributed by atoms with Crippen LogP contribution in [0.4, 0.5) is 0 Å². The lowest BCUT2D eigenvalue weighted by atomic mass is 8.96. The topological polar surface area (TPSA) is 0 Å². The van der Waals surface area contributed by atoms with Gasteiger partial charge in [-0.1, -0.05) is 273 Å². The molecule has 0 N–H and O–H groups in total. The maximum atomic E-state index is 2.47. The monoisotopic (exact) mass is 1610 g/mol. The van der Waals surface area contributed by atoms with E-state index in [1.807, 2.05) is 0 Å². The molecule has 27 unspecified atom stereocenters. The summed E-state index contributed by atoms with van der Waals surface area (Å²) in [5.41, 5.74) is 5.21. The molecule has 0 saturated heterocycles. The zero-order chi connectivity index (χ0) is 82.0. The van der Waals surface area contributed by atoms with Crippen molar-refractivity contribution in [2.45, 2.75) is 466 Å². The van der Waals surface area contributed by atoms with Gasteiger partial charge in [0, 0.05) is 0 Å². The van der Waals surface area contributed by atoms with Crippen molar-refractivity contribution in [3.8, 4) is 0 Å². The summed E-state index contributed by atoms with van der Waals surface area (Å²) in [5, 5.41) is 0. The Balaban J connectivity index is 0.0000000944. The lowest BCUT2D eigenvalue weighted by Crippen LogP contribution is -3.05. The quantitative estimate of drug-likeness (QED) is 0.227. The molecule has 25 aliphatic carbocycles. The third-order valence-electron chi connectivity index (χ3n) is 44.1. The summed E-state index contributed by atoms with van der Waals surface area (Å²) in [5.74, 6) is 43.7. The minimum atomic E-state index is 0.534. The average molecular weight is 1610 g/mol. The van der Waals surface area contributed by atoms with Crippen LogP contribution in [0.5, 0.6) is 0 Å². The normalized spacial score (nSPS) is 50.4. The summed E-state index contributed by atoms with van der Waals surface area (Å²) in [6.07, 6.45) is 79.4. The first-order chi connectivity index (χ1) is 55.5. The highest BCUT2D eigenvalue weighted by Gasteiger charge is 3.03. The molecule has 117 heavy (non-hydrogen) atoms. The predicted octanol–water partition coefficient (Wildman–Crippen LogP) is 34.8. The van der Waals surface area contributed by atoms with Crippen molar-refractivity contribution in [1.82, 2.24) is 0 Å². The Morgan fingerprint density at radius 3 is 1.11 bits per heavy atom. The van der Waals surface area contributed by atoms with Gasteiger partial charge in [0.25, 0.3) is 0 Å². The highest BCUT2D eigenvalue weighted by atomic mass is 15.1. The Kier molecular flexibility index (Phi) is 25.3. The molecule has 0 aromatic carbocycles. The summed E-state index contributed by atoms with van der Waals surface area (Å²) in [4.78, 5) is 0. The molecule has 0 heterocycles. The molecular weight excluding hydrogens is 1410 g/mol. The van der Waals surface area contributed by atoms with Gasteiger partial charge in [0.1, 0.15) is 0 Å². The van der Waals surface area contributed by atoms with E-state index in [9.17, 15) is 0 Å². The van der Waals surface area contributed by atoms with E-state index >= 15 is 0 Å². The Hall–Kier alpha value is 0. The van der Waals surface area contributed by atoms with Crippen LogP contribution in [0.1, 0.15) is 466 Å². The Bertz CT molecular complexity index is 3100. The minimum absolute atomic E-state index is 0.534. The molecule has 0 radical (unpaired) electrons. The van der Waals surface area contributed by atoms with Gasteiger partial charge in [-0.05, 0) is 461 Å². The molecule has 25 aliphatic rings. The van der Waals surface area contributed by atoms with Crippen molar-refractivity contribution in [2.75, 3.05) is 0 Å². The highest BCUT2D eigenvalue weighted by molar-refractivity contribution is 5.50. The fourth-order valence-electron chi connectivity index (χ4n) is 42.2. The number of rotatable bonds is 8. The molecule has 0 nitrogen and oxygen atoms in total. The Labute approximate surface area is 729 Å². The van der Waals surface area contributed by atoms with Crippen LogP contribution in [0.25, 0.3) is 0 Å². The third kappa shape index (κ3) is 16.9. The largest absolute Gasteiger partial charge is 0.0628 e. The van der Waals surface area contributed by atoms with Crippen molar-refractivity contribution in [3.63, 3.8) is 0 Å². The first-order valence-corrected chi connectivity index (χ1v) is 55.5. The van der Waals surface area contributed by atoms with Crippen LogP contribution in [0, 0.1) is 268 Å². The van der Waals surface area contributed by atoms with Crippen molar-refractivity contribution in [3.05, 3.63) is 0 Å². The van der Waals surface area contributed by atoms with Crippen LogP contribution < -0.4 is 0 Å². The second kappa shape index (κ2) is 33.8. The van der Waals surface area contributed by atoms with Crippen molar-refractivity contribution in [2.24, 2.45) is 268 Å². The molecule has 0 aliphatic heterocycles. The van der Waals surface area contributed by atoms with Gasteiger partial charge < -0.3 is 0 Å². The molecule has 25 saturated carbocycles. The summed E-state index contributed by atoms with van der Waals surface area (Å²) in [7, 11) is 0. The summed E-state index contributed by atoms with van der Waals surface area (Å²) in [6, 6.07) is 0.